The first-order valence-corrected chi connectivity index (χ1v) is 18.7. The van der Waals surface area contributed by atoms with Crippen molar-refractivity contribution in [1.29, 1.82) is 0 Å². The van der Waals surface area contributed by atoms with E-state index in [-0.39, 0.29) is 5.41 Å². The number of aryl methyl sites for hydroxylation is 2. The number of hydrogen-bond donors (Lipinski definition) is 0. The summed E-state index contributed by atoms with van der Waals surface area (Å²) < 4.78 is 8.82. The summed E-state index contributed by atoms with van der Waals surface area (Å²) in [6, 6.07) is 46.6. The number of aromatic nitrogens is 1. The molecule has 256 valence electrons. The number of para-hydroxylation sites is 3. The largest absolute Gasteiger partial charge is 0.455 e. The van der Waals surface area contributed by atoms with Crippen LogP contribution in [0.1, 0.15) is 30.5 Å². The summed E-state index contributed by atoms with van der Waals surface area (Å²) in [6.07, 6.45) is 6.14. The molecule has 0 amide bonds. The maximum absolute atomic E-state index is 6.51. The van der Waals surface area contributed by atoms with E-state index < -0.39 is 0 Å². The summed E-state index contributed by atoms with van der Waals surface area (Å²) in [6.45, 7) is 6.96. The van der Waals surface area contributed by atoms with Gasteiger partial charge < -0.3 is 13.9 Å². The van der Waals surface area contributed by atoms with Gasteiger partial charge in [-0.25, -0.2) is 0 Å². The molecule has 3 heteroatoms. The first-order valence-electron chi connectivity index (χ1n) is 18.7. The lowest BCUT2D eigenvalue weighted by Crippen LogP contribution is -2.19. The van der Waals surface area contributed by atoms with Gasteiger partial charge in [0.15, 0.2) is 0 Å². The van der Waals surface area contributed by atoms with Crippen molar-refractivity contribution < 1.29 is 4.42 Å². The Hall–Kier alpha value is -6.76. The van der Waals surface area contributed by atoms with Crippen LogP contribution in [0.4, 0.5) is 11.4 Å². The van der Waals surface area contributed by atoms with Crippen molar-refractivity contribution in [3.63, 3.8) is 0 Å². The Morgan fingerprint density at radius 1 is 0.648 bits per heavy atom. The molecule has 0 saturated carbocycles. The van der Waals surface area contributed by atoms with Gasteiger partial charge >= 0.3 is 0 Å². The van der Waals surface area contributed by atoms with Crippen molar-refractivity contribution in [2.45, 2.75) is 26.2 Å². The van der Waals surface area contributed by atoms with E-state index in [0.29, 0.717) is 0 Å². The highest BCUT2D eigenvalue weighted by molar-refractivity contribution is 6.17. The van der Waals surface area contributed by atoms with Crippen LogP contribution in [0.2, 0.25) is 0 Å². The van der Waals surface area contributed by atoms with Crippen LogP contribution in [-0.4, -0.2) is 4.57 Å². The van der Waals surface area contributed by atoms with Crippen molar-refractivity contribution in [1.82, 2.24) is 4.57 Å². The molecule has 7 aromatic carbocycles. The zero-order valence-electron chi connectivity index (χ0n) is 30.7. The predicted molar refractivity (Wildman–Crippen MR) is 226 cm³/mol. The zero-order valence-corrected chi connectivity index (χ0v) is 30.7. The topological polar surface area (TPSA) is 21.3 Å². The van der Waals surface area contributed by atoms with Gasteiger partial charge in [0.2, 0.25) is 0 Å². The van der Waals surface area contributed by atoms with E-state index in [1.165, 1.54) is 66.0 Å². The SMILES string of the molecule is Cc1ccc2c(N(C3=C=C=CC=C3)c3cccc4c3c3ccccc3n4C)cc3c(c2c1)-c1ccc(-c2cccc4c2oc2ccccc24)cc1C3(C)C. The minimum Gasteiger partial charge on any atom is -0.455 e. The van der Waals surface area contributed by atoms with E-state index in [4.69, 9.17) is 4.42 Å². The van der Waals surface area contributed by atoms with Crippen LogP contribution in [0.15, 0.2) is 167 Å². The number of allylic oxidation sites excluding steroid dienone is 3. The normalized spacial score (nSPS) is 14.1. The van der Waals surface area contributed by atoms with Crippen LogP contribution < -0.4 is 4.90 Å². The molecule has 0 fully saturated rings. The highest BCUT2D eigenvalue weighted by Gasteiger charge is 2.38. The fourth-order valence-electron chi connectivity index (χ4n) is 9.30. The van der Waals surface area contributed by atoms with Crippen LogP contribution in [0.3, 0.4) is 0 Å². The fourth-order valence-corrected chi connectivity index (χ4v) is 9.30. The van der Waals surface area contributed by atoms with Crippen LogP contribution in [0.25, 0.3) is 76.8 Å². The Balaban J connectivity index is 1.18. The van der Waals surface area contributed by atoms with Crippen molar-refractivity contribution in [3.05, 3.63) is 179 Å². The molecule has 11 rings (SSSR count). The van der Waals surface area contributed by atoms with Gasteiger partial charge in [-0.2, -0.15) is 0 Å². The second-order valence-electron chi connectivity index (χ2n) is 15.3. The molecule has 0 atom stereocenters. The van der Waals surface area contributed by atoms with Crippen LogP contribution in [0, 0.1) is 6.92 Å². The van der Waals surface area contributed by atoms with Crippen molar-refractivity contribution in [3.8, 4) is 22.3 Å². The fraction of sp³-hybridized carbons (Fsp3) is 0.0980. The molecule has 0 spiro atoms. The Morgan fingerprint density at radius 2 is 1.44 bits per heavy atom. The first-order chi connectivity index (χ1) is 26.4. The minimum atomic E-state index is -0.279. The van der Waals surface area contributed by atoms with Crippen molar-refractivity contribution >= 4 is 65.9 Å². The smallest absolute Gasteiger partial charge is 0.143 e. The lowest BCUT2D eigenvalue weighted by Gasteiger charge is -2.30. The number of hydrogen-bond acceptors (Lipinski definition) is 2. The Kier molecular flexibility index (Phi) is 6.35. The van der Waals surface area contributed by atoms with Gasteiger partial charge in [-0.3, -0.25) is 0 Å². The van der Waals surface area contributed by atoms with Gasteiger partial charge in [0, 0.05) is 50.5 Å². The maximum atomic E-state index is 6.51. The molecule has 2 aliphatic carbocycles. The van der Waals surface area contributed by atoms with Gasteiger partial charge in [-0.05, 0) is 94.4 Å². The third-order valence-electron chi connectivity index (χ3n) is 11.9. The average Bonchev–Trinajstić information content (AvgIpc) is 3.80. The molecule has 2 aliphatic rings. The van der Waals surface area contributed by atoms with E-state index in [1.807, 2.05) is 12.1 Å². The summed E-state index contributed by atoms with van der Waals surface area (Å²) in [7, 11) is 2.16. The summed E-state index contributed by atoms with van der Waals surface area (Å²) in [4.78, 5) is 2.41. The molecule has 0 unspecified atom stereocenters. The molecule has 0 N–H and O–H groups in total. The number of rotatable bonds is 4. The third kappa shape index (κ3) is 4.20. The van der Waals surface area contributed by atoms with Gasteiger partial charge in [0.05, 0.1) is 22.6 Å². The summed E-state index contributed by atoms with van der Waals surface area (Å²) >= 11 is 0. The molecule has 2 aromatic heterocycles. The van der Waals surface area contributed by atoms with E-state index in [2.05, 4.69) is 182 Å². The molecule has 2 heterocycles. The van der Waals surface area contributed by atoms with E-state index in [0.717, 1.165) is 44.6 Å². The lowest BCUT2D eigenvalue weighted by molar-refractivity contribution is 0.660. The van der Waals surface area contributed by atoms with Gasteiger partial charge in [0.1, 0.15) is 11.2 Å². The summed E-state index contributed by atoms with van der Waals surface area (Å²) in [5, 5.41) is 7.21. The van der Waals surface area contributed by atoms with Crippen LogP contribution in [-0.2, 0) is 12.5 Å². The first kappa shape index (κ1) is 30.8. The molecule has 0 radical (unpaired) electrons. The number of benzene rings is 7. The van der Waals surface area contributed by atoms with E-state index in [1.54, 1.807) is 0 Å². The van der Waals surface area contributed by atoms with Crippen LogP contribution >= 0.6 is 0 Å². The lowest BCUT2D eigenvalue weighted by atomic mass is 9.80. The van der Waals surface area contributed by atoms with Gasteiger partial charge in [-0.1, -0.05) is 122 Å². The Labute approximate surface area is 313 Å². The zero-order chi connectivity index (χ0) is 36.3. The quantitative estimate of drug-likeness (QED) is 0.171. The third-order valence-corrected chi connectivity index (χ3v) is 11.9. The molecule has 9 aromatic rings. The number of nitrogens with zero attached hydrogens (tertiary/aromatic N) is 2. The average molecular weight is 693 g/mol. The van der Waals surface area contributed by atoms with E-state index in [9.17, 15) is 0 Å². The van der Waals surface area contributed by atoms with E-state index >= 15 is 0 Å². The second-order valence-corrected chi connectivity index (χ2v) is 15.3. The monoisotopic (exact) mass is 692 g/mol. The minimum absolute atomic E-state index is 0.279. The number of fused-ring (bicyclic) bond motifs is 11. The molecule has 3 nitrogen and oxygen atoms in total. The molecule has 0 aliphatic heterocycles. The highest BCUT2D eigenvalue weighted by Crippen LogP contribution is 2.55. The molecular formula is C51H36N2O. The summed E-state index contributed by atoms with van der Waals surface area (Å²) in [5.74, 6) is 0. The molecular weight excluding hydrogens is 657 g/mol. The highest BCUT2D eigenvalue weighted by atomic mass is 16.3. The predicted octanol–water partition coefficient (Wildman–Crippen LogP) is 13.6. The molecule has 0 saturated heterocycles. The molecule has 0 bridgehead atoms. The standard InChI is InChI=1S/C51H36N2O/c1-31-24-26-35-40(28-31)48-38-27-25-32(34-18-12-19-37-36-16-9-11-23-47(36)54-50(34)37)29-41(38)51(2,3)42(48)30-46(35)53(33-14-6-5-7-15-33)45-22-13-21-44-49(45)39-17-8-10-20-43(39)52(44)4/h5-6,8-14,16-30H,1-4H3. The Morgan fingerprint density at radius 3 is 2.31 bits per heavy atom. The number of anilines is 2. The number of furan rings is 1. The van der Waals surface area contributed by atoms with Crippen molar-refractivity contribution in [2.75, 3.05) is 4.90 Å². The van der Waals surface area contributed by atoms with Gasteiger partial charge in [-0.15, -0.1) is 0 Å². The summed E-state index contributed by atoms with van der Waals surface area (Å²) in [5.41, 5.74) is 22.7. The second kappa shape index (κ2) is 11.1. The maximum Gasteiger partial charge on any atom is 0.143 e. The Bertz CT molecular complexity index is 3240. The van der Waals surface area contributed by atoms with Gasteiger partial charge in [0.25, 0.3) is 0 Å². The van der Waals surface area contributed by atoms with Crippen LogP contribution in [0.5, 0.6) is 0 Å². The molecule has 54 heavy (non-hydrogen) atoms. The van der Waals surface area contributed by atoms with Crippen molar-refractivity contribution in [2.24, 2.45) is 7.05 Å².